The molecule has 2 N–H and O–H groups in total. The van der Waals surface area contributed by atoms with Crippen LogP contribution in [0.4, 0.5) is 0 Å². The monoisotopic (exact) mass is 422 g/mol. The van der Waals surface area contributed by atoms with Crippen molar-refractivity contribution >= 4 is 17.7 Å². The summed E-state index contributed by atoms with van der Waals surface area (Å²) in [4.78, 5) is 41.7. The van der Waals surface area contributed by atoms with Crippen LogP contribution in [0.3, 0.4) is 0 Å². The summed E-state index contributed by atoms with van der Waals surface area (Å²) < 4.78 is 5.18. The number of carbonyl (C=O) groups is 3. The van der Waals surface area contributed by atoms with Crippen LogP contribution in [0.15, 0.2) is 0 Å². The predicted octanol–water partition coefficient (Wildman–Crippen LogP) is 0.758. The molecule has 8 nitrogen and oxygen atoms in total. The molecule has 170 valence electrons. The SMILES string of the molecule is COCCN1CCC2(CCCC[C@H]3CN(C(C)=O)CC[C@H]3NC(=O)CNC2=O)CC1. The fraction of sp³-hybridized carbons (Fsp3) is 0.864. The molecule has 0 aliphatic carbocycles. The highest BCUT2D eigenvalue weighted by molar-refractivity contribution is 5.88. The lowest BCUT2D eigenvalue weighted by molar-refractivity contribution is -0.137. The number of hydrogen-bond donors (Lipinski definition) is 2. The molecule has 3 heterocycles. The van der Waals surface area contributed by atoms with Gasteiger partial charge in [-0.2, -0.15) is 0 Å². The van der Waals surface area contributed by atoms with Crippen LogP contribution in [0.5, 0.6) is 0 Å². The maximum atomic E-state index is 13.1. The van der Waals surface area contributed by atoms with Crippen molar-refractivity contribution in [1.82, 2.24) is 20.4 Å². The third-order valence-corrected chi connectivity index (χ3v) is 7.32. The molecule has 3 rings (SSSR count). The number of nitrogens with one attached hydrogen (secondary N) is 2. The van der Waals surface area contributed by atoms with E-state index in [9.17, 15) is 14.4 Å². The minimum atomic E-state index is -0.375. The normalized spacial score (nSPS) is 28.7. The highest BCUT2D eigenvalue weighted by atomic mass is 16.5. The van der Waals surface area contributed by atoms with Gasteiger partial charge in [-0.05, 0) is 51.1 Å². The van der Waals surface area contributed by atoms with E-state index in [1.54, 1.807) is 14.0 Å². The van der Waals surface area contributed by atoms with Gasteiger partial charge in [-0.3, -0.25) is 14.4 Å². The molecule has 30 heavy (non-hydrogen) atoms. The van der Waals surface area contributed by atoms with Crippen LogP contribution in [-0.4, -0.2) is 86.5 Å². The molecular weight excluding hydrogens is 384 g/mol. The van der Waals surface area contributed by atoms with E-state index in [0.29, 0.717) is 19.7 Å². The Morgan fingerprint density at radius 1 is 1.13 bits per heavy atom. The topological polar surface area (TPSA) is 91.0 Å². The Hall–Kier alpha value is -1.67. The smallest absolute Gasteiger partial charge is 0.239 e. The third-order valence-electron chi connectivity index (χ3n) is 7.32. The van der Waals surface area contributed by atoms with Gasteiger partial charge in [0.25, 0.3) is 0 Å². The number of rotatable bonds is 3. The fourth-order valence-corrected chi connectivity index (χ4v) is 5.29. The zero-order valence-electron chi connectivity index (χ0n) is 18.6. The van der Waals surface area contributed by atoms with Crippen molar-refractivity contribution in [1.29, 1.82) is 0 Å². The van der Waals surface area contributed by atoms with Crippen LogP contribution in [0, 0.1) is 11.3 Å². The second-order valence-corrected chi connectivity index (χ2v) is 9.23. The third kappa shape index (κ3) is 5.72. The summed E-state index contributed by atoms with van der Waals surface area (Å²) in [6, 6.07) is 0.0856. The van der Waals surface area contributed by atoms with Gasteiger partial charge in [0.15, 0.2) is 0 Å². The van der Waals surface area contributed by atoms with Crippen molar-refractivity contribution in [2.45, 2.75) is 57.9 Å². The number of ether oxygens (including phenoxy) is 1. The number of nitrogens with zero attached hydrogens (tertiary/aromatic N) is 2. The number of likely N-dealkylation sites (tertiary alicyclic amines) is 2. The first-order valence-electron chi connectivity index (χ1n) is 11.5. The van der Waals surface area contributed by atoms with Crippen LogP contribution in [0.25, 0.3) is 0 Å². The highest BCUT2D eigenvalue weighted by Gasteiger charge is 2.41. The zero-order valence-corrected chi connectivity index (χ0v) is 18.6. The maximum Gasteiger partial charge on any atom is 0.239 e. The Bertz CT molecular complexity index is 618. The van der Waals surface area contributed by atoms with Crippen LogP contribution >= 0.6 is 0 Å². The molecule has 0 aromatic rings. The maximum absolute atomic E-state index is 13.1. The van der Waals surface area contributed by atoms with E-state index in [1.807, 2.05) is 4.90 Å². The van der Waals surface area contributed by atoms with Gasteiger partial charge in [0, 0.05) is 39.7 Å². The van der Waals surface area contributed by atoms with Crippen molar-refractivity contribution in [3.8, 4) is 0 Å². The quantitative estimate of drug-likeness (QED) is 0.701. The van der Waals surface area contributed by atoms with Gasteiger partial charge in [-0.1, -0.05) is 12.8 Å². The van der Waals surface area contributed by atoms with Crippen molar-refractivity contribution in [2.24, 2.45) is 11.3 Å². The van der Waals surface area contributed by atoms with E-state index >= 15 is 0 Å². The molecule has 0 aromatic heterocycles. The van der Waals surface area contributed by atoms with E-state index < -0.39 is 0 Å². The first-order valence-corrected chi connectivity index (χ1v) is 11.5. The lowest BCUT2D eigenvalue weighted by Gasteiger charge is -2.42. The van der Waals surface area contributed by atoms with Gasteiger partial charge in [0.2, 0.25) is 17.7 Å². The molecule has 3 aliphatic heterocycles. The summed E-state index contributed by atoms with van der Waals surface area (Å²) in [6.45, 7) is 6.44. The molecule has 2 atom stereocenters. The summed E-state index contributed by atoms with van der Waals surface area (Å²) in [6.07, 6.45) is 6.31. The predicted molar refractivity (Wildman–Crippen MR) is 114 cm³/mol. The fourth-order valence-electron chi connectivity index (χ4n) is 5.29. The molecule has 0 aromatic carbocycles. The van der Waals surface area contributed by atoms with Gasteiger partial charge >= 0.3 is 0 Å². The van der Waals surface area contributed by atoms with Crippen molar-refractivity contribution in [3.05, 3.63) is 0 Å². The van der Waals surface area contributed by atoms with Crippen LogP contribution < -0.4 is 10.6 Å². The minimum Gasteiger partial charge on any atom is -0.383 e. The Balaban J connectivity index is 1.63. The summed E-state index contributed by atoms with van der Waals surface area (Å²) in [5, 5.41) is 6.06. The lowest BCUT2D eigenvalue weighted by Crippen LogP contribution is -2.55. The molecule has 0 unspecified atom stereocenters. The van der Waals surface area contributed by atoms with E-state index in [4.69, 9.17) is 4.74 Å². The van der Waals surface area contributed by atoms with E-state index in [0.717, 1.165) is 64.6 Å². The molecule has 3 amide bonds. The molecule has 1 spiro atoms. The average molecular weight is 423 g/mol. The number of amides is 3. The molecular formula is C22H38N4O4. The summed E-state index contributed by atoms with van der Waals surface area (Å²) in [7, 11) is 1.71. The molecule has 3 aliphatic rings. The van der Waals surface area contributed by atoms with Crippen molar-refractivity contribution < 1.29 is 19.1 Å². The second kappa shape index (κ2) is 10.6. The Morgan fingerprint density at radius 2 is 1.90 bits per heavy atom. The van der Waals surface area contributed by atoms with E-state index in [2.05, 4.69) is 15.5 Å². The molecule has 3 fully saturated rings. The number of fused-ring (bicyclic) bond motifs is 1. The Morgan fingerprint density at radius 3 is 2.60 bits per heavy atom. The van der Waals surface area contributed by atoms with E-state index in [-0.39, 0.29) is 41.6 Å². The lowest BCUT2D eigenvalue weighted by atomic mass is 9.73. The Labute approximate surface area is 180 Å². The van der Waals surface area contributed by atoms with Gasteiger partial charge in [0.05, 0.1) is 18.6 Å². The molecule has 0 saturated carbocycles. The standard InChI is InChI=1S/C22H38N4O4/c1-17(27)26-10-6-19-18(16-26)5-3-4-7-22(21(29)23-15-20(28)24-19)8-11-25(12-9-22)13-14-30-2/h18-19H,3-16H2,1-2H3,(H,23,29)(H,24,28)/t18-,19+/m0/s1. The molecule has 0 radical (unpaired) electrons. The van der Waals surface area contributed by atoms with Crippen molar-refractivity contribution in [2.75, 3.05) is 53.0 Å². The summed E-state index contributed by atoms with van der Waals surface area (Å²) >= 11 is 0. The van der Waals surface area contributed by atoms with Crippen LogP contribution in [0.2, 0.25) is 0 Å². The average Bonchev–Trinajstić information content (AvgIpc) is 2.74. The molecule has 3 saturated heterocycles. The Kier molecular flexibility index (Phi) is 8.11. The summed E-state index contributed by atoms with van der Waals surface area (Å²) in [5.41, 5.74) is -0.375. The minimum absolute atomic E-state index is 0.0348. The van der Waals surface area contributed by atoms with E-state index in [1.165, 1.54) is 0 Å². The second-order valence-electron chi connectivity index (χ2n) is 9.23. The molecule has 8 heteroatoms. The van der Waals surface area contributed by atoms with Gasteiger partial charge in [-0.25, -0.2) is 0 Å². The first-order chi connectivity index (χ1) is 14.4. The molecule has 0 bridgehead atoms. The largest absolute Gasteiger partial charge is 0.383 e. The summed E-state index contributed by atoms with van der Waals surface area (Å²) in [5.74, 6) is 0.307. The number of hydrogen-bond acceptors (Lipinski definition) is 5. The number of methoxy groups -OCH3 is 1. The number of piperidine rings is 2. The highest BCUT2D eigenvalue weighted by Crippen LogP contribution is 2.38. The number of carbonyl (C=O) groups excluding carboxylic acids is 3. The van der Waals surface area contributed by atoms with Crippen molar-refractivity contribution in [3.63, 3.8) is 0 Å². The van der Waals surface area contributed by atoms with Gasteiger partial charge in [0.1, 0.15) is 0 Å². The first kappa shape index (κ1) is 23.0. The van der Waals surface area contributed by atoms with Gasteiger partial charge < -0.3 is 25.2 Å². The van der Waals surface area contributed by atoms with Crippen LogP contribution in [-0.2, 0) is 19.1 Å². The zero-order chi connectivity index (χ0) is 21.6. The van der Waals surface area contributed by atoms with Gasteiger partial charge in [-0.15, -0.1) is 0 Å². The van der Waals surface area contributed by atoms with Crippen LogP contribution in [0.1, 0.15) is 51.9 Å².